The van der Waals surface area contributed by atoms with Gasteiger partial charge in [0.1, 0.15) is 6.10 Å². The second-order valence-corrected chi connectivity index (χ2v) is 3.98. The van der Waals surface area contributed by atoms with E-state index in [-0.39, 0.29) is 12.8 Å². The Morgan fingerprint density at radius 2 is 1.60 bits per heavy atom. The van der Waals surface area contributed by atoms with Gasteiger partial charge in [0, 0.05) is 6.04 Å². The molecule has 114 valence electrons. The van der Waals surface area contributed by atoms with Crippen molar-refractivity contribution in [2.24, 2.45) is 0 Å². The van der Waals surface area contributed by atoms with Gasteiger partial charge in [-0.1, -0.05) is 6.08 Å². The molecule has 2 atom stereocenters. The topological polar surface area (TPSA) is 55.4 Å². The fraction of sp³-hybridized carbons (Fsp3) is 0.600. The summed E-state index contributed by atoms with van der Waals surface area (Å²) in [6.07, 6.45) is -9.48. The average Bonchev–Trinajstić information content (AvgIpc) is 2.29. The maximum Gasteiger partial charge on any atom is 0.490 e. The minimum atomic E-state index is -5.13. The van der Waals surface area contributed by atoms with Crippen molar-refractivity contribution in [1.82, 2.24) is 5.32 Å². The summed E-state index contributed by atoms with van der Waals surface area (Å²) in [6.45, 7) is 0. The number of halogens is 6. The molecule has 10 heteroatoms. The predicted molar refractivity (Wildman–Crippen MR) is 52.3 cm³/mol. The molecule has 1 rings (SSSR count). The Labute approximate surface area is 108 Å². The van der Waals surface area contributed by atoms with Crippen molar-refractivity contribution >= 4 is 11.9 Å². The number of ether oxygens (including phenoxy) is 1. The average molecular weight is 305 g/mol. The molecule has 0 heterocycles. The highest BCUT2D eigenvalue weighted by atomic mass is 19.4. The lowest BCUT2D eigenvalue weighted by atomic mass is 10.0. The van der Waals surface area contributed by atoms with Crippen LogP contribution in [0.5, 0.6) is 0 Å². The van der Waals surface area contributed by atoms with Gasteiger partial charge in [0.2, 0.25) is 0 Å². The maximum absolute atomic E-state index is 12.0. The third-order valence-corrected chi connectivity index (χ3v) is 2.38. The van der Waals surface area contributed by atoms with Gasteiger partial charge in [0.05, 0.1) is 0 Å². The maximum atomic E-state index is 12.0. The van der Waals surface area contributed by atoms with Crippen molar-refractivity contribution in [1.29, 1.82) is 0 Å². The van der Waals surface area contributed by atoms with Gasteiger partial charge < -0.3 is 10.1 Å². The zero-order valence-corrected chi connectivity index (χ0v) is 9.72. The number of alkyl halides is 6. The quantitative estimate of drug-likeness (QED) is 0.481. The van der Waals surface area contributed by atoms with Crippen molar-refractivity contribution in [2.45, 2.75) is 37.3 Å². The molecule has 1 aliphatic rings. The molecular weight excluding hydrogens is 296 g/mol. The summed E-state index contributed by atoms with van der Waals surface area (Å²) < 4.78 is 75.7. The molecule has 0 saturated carbocycles. The Hall–Kier alpha value is -1.74. The Kier molecular flexibility index (Phi) is 4.66. The van der Waals surface area contributed by atoms with Crippen LogP contribution >= 0.6 is 0 Å². The summed E-state index contributed by atoms with van der Waals surface area (Å²) in [6, 6.07) is -0.968. The zero-order valence-electron chi connectivity index (χ0n) is 9.72. The number of hydrogen-bond acceptors (Lipinski definition) is 3. The van der Waals surface area contributed by atoms with E-state index in [0.29, 0.717) is 0 Å². The van der Waals surface area contributed by atoms with E-state index < -0.39 is 36.4 Å². The molecule has 0 aromatic carbocycles. The highest BCUT2D eigenvalue weighted by Crippen LogP contribution is 2.22. The van der Waals surface area contributed by atoms with Crippen LogP contribution in [0.25, 0.3) is 0 Å². The first kappa shape index (κ1) is 16.3. The Bertz CT molecular complexity index is 376. The van der Waals surface area contributed by atoms with E-state index in [0.717, 1.165) is 12.2 Å². The van der Waals surface area contributed by atoms with Gasteiger partial charge in [-0.15, -0.1) is 0 Å². The van der Waals surface area contributed by atoms with Crippen LogP contribution in [0.4, 0.5) is 26.3 Å². The van der Waals surface area contributed by atoms with Crippen LogP contribution in [-0.4, -0.2) is 36.4 Å². The number of esters is 1. The van der Waals surface area contributed by atoms with Crippen molar-refractivity contribution < 1.29 is 40.7 Å². The first-order chi connectivity index (χ1) is 9.00. The van der Waals surface area contributed by atoms with E-state index in [9.17, 15) is 35.9 Å². The Morgan fingerprint density at radius 3 is 2.00 bits per heavy atom. The number of amides is 1. The second kappa shape index (κ2) is 5.71. The van der Waals surface area contributed by atoms with E-state index in [1.165, 1.54) is 0 Å². The van der Waals surface area contributed by atoms with Gasteiger partial charge in [-0.05, 0) is 18.9 Å². The zero-order chi connectivity index (χ0) is 15.6. The number of carbonyl (C=O) groups excluding carboxylic acids is 2. The van der Waals surface area contributed by atoms with Crippen LogP contribution in [0, 0.1) is 0 Å². The van der Waals surface area contributed by atoms with Crippen molar-refractivity contribution in [3.8, 4) is 0 Å². The highest BCUT2D eigenvalue weighted by molar-refractivity contribution is 5.82. The van der Waals surface area contributed by atoms with E-state index in [4.69, 9.17) is 0 Å². The van der Waals surface area contributed by atoms with Gasteiger partial charge in [-0.2, -0.15) is 26.3 Å². The number of carbonyl (C=O) groups is 2. The van der Waals surface area contributed by atoms with E-state index >= 15 is 0 Å². The summed E-state index contributed by atoms with van der Waals surface area (Å²) in [5, 5.41) is 1.65. The molecule has 0 unspecified atom stereocenters. The molecule has 0 bridgehead atoms. The van der Waals surface area contributed by atoms with Crippen LogP contribution in [0.15, 0.2) is 12.2 Å². The molecule has 0 spiro atoms. The standard InChI is InChI=1S/C10H9F6NO3/c11-9(12,13)7(18)17-5-1-3-6(4-2-5)20-8(19)10(14,15)16/h1,3,5-6H,2,4H2,(H,17,18)/t5-,6+/m0/s1. The Balaban J connectivity index is 2.50. The van der Waals surface area contributed by atoms with Crippen LogP contribution in [-0.2, 0) is 14.3 Å². The summed E-state index contributed by atoms with van der Waals surface area (Å²) in [5.74, 6) is -4.51. The normalized spacial score (nSPS) is 23.3. The molecule has 1 N–H and O–H groups in total. The van der Waals surface area contributed by atoms with Gasteiger partial charge in [-0.25, -0.2) is 4.79 Å². The van der Waals surface area contributed by atoms with Gasteiger partial charge in [0.15, 0.2) is 0 Å². The minimum absolute atomic E-state index is 0.0753. The van der Waals surface area contributed by atoms with Crippen molar-refractivity contribution in [3.63, 3.8) is 0 Å². The summed E-state index contributed by atoms with van der Waals surface area (Å²) in [5.41, 5.74) is 0. The molecule has 0 radical (unpaired) electrons. The lowest BCUT2D eigenvalue weighted by Gasteiger charge is -2.24. The molecule has 0 aromatic heterocycles. The van der Waals surface area contributed by atoms with E-state index in [2.05, 4.69) is 4.74 Å². The molecule has 0 saturated heterocycles. The lowest BCUT2D eigenvalue weighted by Crippen LogP contribution is -2.44. The van der Waals surface area contributed by atoms with Gasteiger partial charge >= 0.3 is 24.2 Å². The molecule has 1 amide bonds. The van der Waals surface area contributed by atoms with Gasteiger partial charge in [0.25, 0.3) is 0 Å². The molecule has 20 heavy (non-hydrogen) atoms. The van der Waals surface area contributed by atoms with Crippen LogP contribution in [0.1, 0.15) is 12.8 Å². The SMILES string of the molecule is O=C(N[C@H]1C=C[C@@H](OC(=O)C(F)(F)F)CC1)C(F)(F)F. The first-order valence-electron chi connectivity index (χ1n) is 5.34. The fourth-order valence-electron chi connectivity index (χ4n) is 1.47. The third kappa shape index (κ3) is 4.74. The first-order valence-corrected chi connectivity index (χ1v) is 5.34. The lowest BCUT2D eigenvalue weighted by molar-refractivity contribution is -0.203. The Morgan fingerprint density at radius 1 is 1.00 bits per heavy atom. The molecule has 1 aliphatic carbocycles. The summed E-state index contributed by atoms with van der Waals surface area (Å²) in [7, 11) is 0. The smallest absolute Gasteiger partial charge is 0.451 e. The summed E-state index contributed by atoms with van der Waals surface area (Å²) in [4.78, 5) is 21.1. The highest BCUT2D eigenvalue weighted by Gasteiger charge is 2.43. The number of hydrogen-bond donors (Lipinski definition) is 1. The van der Waals surface area contributed by atoms with E-state index in [1.54, 1.807) is 5.32 Å². The summed E-state index contributed by atoms with van der Waals surface area (Å²) >= 11 is 0. The number of nitrogens with one attached hydrogen (secondary N) is 1. The van der Waals surface area contributed by atoms with E-state index in [1.807, 2.05) is 0 Å². The van der Waals surface area contributed by atoms with Crippen molar-refractivity contribution in [2.75, 3.05) is 0 Å². The van der Waals surface area contributed by atoms with Crippen molar-refractivity contribution in [3.05, 3.63) is 12.2 Å². The number of rotatable bonds is 2. The van der Waals surface area contributed by atoms with Crippen LogP contribution < -0.4 is 5.32 Å². The largest absolute Gasteiger partial charge is 0.490 e. The van der Waals surface area contributed by atoms with Crippen LogP contribution in [0.2, 0.25) is 0 Å². The fourth-order valence-corrected chi connectivity index (χ4v) is 1.47. The second-order valence-electron chi connectivity index (χ2n) is 3.98. The van der Waals surface area contributed by atoms with Crippen LogP contribution in [0.3, 0.4) is 0 Å². The third-order valence-electron chi connectivity index (χ3n) is 2.38. The monoisotopic (exact) mass is 305 g/mol. The molecule has 4 nitrogen and oxygen atoms in total. The minimum Gasteiger partial charge on any atom is -0.451 e. The predicted octanol–water partition coefficient (Wildman–Crippen LogP) is 1.86. The molecule has 0 aromatic rings. The molecule has 0 aliphatic heterocycles. The molecular formula is C10H9F6NO3. The van der Waals surface area contributed by atoms with Gasteiger partial charge in [-0.3, -0.25) is 4.79 Å². The molecule has 0 fully saturated rings.